The van der Waals surface area contributed by atoms with Crippen molar-refractivity contribution in [1.29, 1.82) is 0 Å². The third-order valence-corrected chi connectivity index (χ3v) is 6.04. The molecule has 0 aliphatic carbocycles. The summed E-state index contributed by atoms with van der Waals surface area (Å²) in [4.78, 5) is 44.3. The van der Waals surface area contributed by atoms with Crippen LogP contribution in [-0.2, 0) is 19.6 Å². The standard InChI is InChI=1S/C25H32N4O5/c1-4-5-10-28-23-22(27(16-26-23)11-9-17(2)3)24(31)29(25(28)32)15-19(30)18-7-8-20-21(14-18)34-13-6-12-33-20/h7-8,14,16-17H,4-6,9-13,15H2,1-3H3. The van der Waals surface area contributed by atoms with Crippen molar-refractivity contribution >= 4 is 16.9 Å². The van der Waals surface area contributed by atoms with Gasteiger partial charge in [-0.3, -0.25) is 18.7 Å². The van der Waals surface area contributed by atoms with Crippen LogP contribution in [-0.4, -0.2) is 37.7 Å². The van der Waals surface area contributed by atoms with Crippen LogP contribution in [0.25, 0.3) is 11.2 Å². The smallest absolute Gasteiger partial charge is 0.333 e. The van der Waals surface area contributed by atoms with Crippen LogP contribution in [0.4, 0.5) is 0 Å². The Morgan fingerprint density at radius 3 is 2.59 bits per heavy atom. The number of ketones is 1. The van der Waals surface area contributed by atoms with Gasteiger partial charge >= 0.3 is 5.69 Å². The second-order valence-corrected chi connectivity index (χ2v) is 9.11. The monoisotopic (exact) mass is 468 g/mol. The Bertz CT molecular complexity index is 1300. The van der Waals surface area contributed by atoms with Crippen LogP contribution in [0.15, 0.2) is 34.1 Å². The minimum atomic E-state index is -0.511. The van der Waals surface area contributed by atoms with E-state index >= 15 is 0 Å². The number of aromatic nitrogens is 4. The molecule has 1 aliphatic heterocycles. The van der Waals surface area contributed by atoms with Gasteiger partial charge in [0.25, 0.3) is 5.56 Å². The first kappa shape index (κ1) is 23.8. The highest BCUT2D eigenvalue weighted by Gasteiger charge is 2.21. The number of imidazole rings is 1. The molecule has 9 nitrogen and oxygen atoms in total. The van der Waals surface area contributed by atoms with Gasteiger partial charge in [0.15, 0.2) is 28.4 Å². The molecule has 0 unspecified atom stereocenters. The van der Waals surface area contributed by atoms with Crippen molar-refractivity contribution in [3.8, 4) is 11.5 Å². The Balaban J connectivity index is 1.74. The van der Waals surface area contributed by atoms with Crippen LogP contribution >= 0.6 is 0 Å². The molecular formula is C25H32N4O5. The molecule has 1 aromatic carbocycles. The van der Waals surface area contributed by atoms with Crippen LogP contribution < -0.4 is 20.7 Å². The second kappa shape index (κ2) is 10.3. The third kappa shape index (κ3) is 4.78. The molecule has 3 heterocycles. The summed E-state index contributed by atoms with van der Waals surface area (Å²) in [5, 5.41) is 0. The van der Waals surface area contributed by atoms with Crippen molar-refractivity contribution in [2.75, 3.05) is 13.2 Å². The molecule has 34 heavy (non-hydrogen) atoms. The number of hydrogen-bond donors (Lipinski definition) is 0. The van der Waals surface area contributed by atoms with Gasteiger partial charge in [0.05, 0.1) is 26.1 Å². The molecule has 0 saturated carbocycles. The van der Waals surface area contributed by atoms with E-state index in [9.17, 15) is 14.4 Å². The fourth-order valence-corrected chi connectivity index (χ4v) is 4.03. The fraction of sp³-hybridized carbons (Fsp3) is 0.520. The number of benzene rings is 1. The minimum Gasteiger partial charge on any atom is -0.490 e. The Morgan fingerprint density at radius 1 is 1.09 bits per heavy atom. The summed E-state index contributed by atoms with van der Waals surface area (Å²) >= 11 is 0. The predicted molar refractivity (Wildman–Crippen MR) is 129 cm³/mol. The predicted octanol–water partition coefficient (Wildman–Crippen LogP) is 3.25. The first-order valence-electron chi connectivity index (χ1n) is 12.0. The summed E-state index contributed by atoms with van der Waals surface area (Å²) in [6, 6.07) is 4.96. The lowest BCUT2D eigenvalue weighted by molar-refractivity contribution is 0.0968. The molecule has 0 fully saturated rings. The van der Waals surface area contributed by atoms with E-state index in [1.807, 2.05) is 6.92 Å². The number of hydrogen-bond acceptors (Lipinski definition) is 6. The van der Waals surface area contributed by atoms with E-state index in [0.717, 1.165) is 30.3 Å². The maximum atomic E-state index is 13.4. The van der Waals surface area contributed by atoms with Gasteiger partial charge in [0, 0.05) is 25.1 Å². The Morgan fingerprint density at radius 2 is 1.85 bits per heavy atom. The van der Waals surface area contributed by atoms with Gasteiger partial charge in [-0.25, -0.2) is 9.78 Å². The number of aryl methyl sites for hydroxylation is 2. The number of fused-ring (bicyclic) bond motifs is 2. The Kier molecular flexibility index (Phi) is 7.19. The average molecular weight is 469 g/mol. The molecule has 0 bridgehead atoms. The van der Waals surface area contributed by atoms with Gasteiger partial charge in [-0.2, -0.15) is 0 Å². The molecule has 3 aromatic rings. The summed E-state index contributed by atoms with van der Waals surface area (Å²) in [5.41, 5.74) is 0.109. The van der Waals surface area contributed by atoms with E-state index in [-0.39, 0.29) is 12.3 Å². The fourth-order valence-electron chi connectivity index (χ4n) is 4.03. The molecule has 0 spiro atoms. The number of Topliss-reactive ketones (excluding diaryl/α,β-unsaturated/α-hetero) is 1. The van der Waals surface area contributed by atoms with Crippen molar-refractivity contribution in [3.63, 3.8) is 0 Å². The number of ether oxygens (including phenoxy) is 2. The van der Waals surface area contributed by atoms with Gasteiger partial charge < -0.3 is 14.0 Å². The second-order valence-electron chi connectivity index (χ2n) is 9.11. The molecule has 2 aromatic heterocycles. The van der Waals surface area contributed by atoms with Crippen LogP contribution in [0.3, 0.4) is 0 Å². The van der Waals surface area contributed by atoms with Crippen LogP contribution in [0.1, 0.15) is 56.8 Å². The molecule has 1 aliphatic rings. The van der Waals surface area contributed by atoms with Crippen molar-refractivity contribution < 1.29 is 14.3 Å². The lowest BCUT2D eigenvalue weighted by Gasteiger charge is -2.13. The van der Waals surface area contributed by atoms with Crippen LogP contribution in [0.2, 0.25) is 0 Å². The molecule has 0 saturated heterocycles. The maximum absolute atomic E-state index is 13.4. The Labute approximate surface area is 197 Å². The molecule has 4 rings (SSSR count). The quantitative estimate of drug-likeness (QED) is 0.447. The zero-order chi connectivity index (χ0) is 24.2. The normalized spacial score (nSPS) is 13.4. The van der Waals surface area contributed by atoms with Gasteiger partial charge in [-0.1, -0.05) is 27.2 Å². The van der Waals surface area contributed by atoms with E-state index < -0.39 is 11.2 Å². The zero-order valence-corrected chi connectivity index (χ0v) is 20.1. The van der Waals surface area contributed by atoms with Gasteiger partial charge in [-0.05, 0) is 37.0 Å². The van der Waals surface area contributed by atoms with E-state index in [1.54, 1.807) is 29.1 Å². The summed E-state index contributed by atoms with van der Waals surface area (Å²) in [7, 11) is 0. The minimum absolute atomic E-state index is 0.343. The average Bonchev–Trinajstić information content (AvgIpc) is 3.09. The molecule has 182 valence electrons. The molecule has 0 N–H and O–H groups in total. The topological polar surface area (TPSA) is 97.3 Å². The SMILES string of the molecule is CCCCn1c(=O)n(CC(=O)c2ccc3c(c2)OCCCO3)c(=O)c2c1ncn2CCC(C)C. The summed E-state index contributed by atoms with van der Waals surface area (Å²) < 4.78 is 15.7. The molecule has 0 atom stereocenters. The van der Waals surface area contributed by atoms with E-state index in [0.29, 0.717) is 60.4 Å². The van der Waals surface area contributed by atoms with Crippen molar-refractivity contribution in [2.24, 2.45) is 5.92 Å². The maximum Gasteiger partial charge on any atom is 0.333 e. The van der Waals surface area contributed by atoms with Crippen molar-refractivity contribution in [1.82, 2.24) is 18.7 Å². The van der Waals surface area contributed by atoms with Crippen molar-refractivity contribution in [3.05, 3.63) is 50.9 Å². The number of rotatable bonds is 9. The lowest BCUT2D eigenvalue weighted by atomic mass is 10.1. The first-order chi connectivity index (χ1) is 16.4. The Hall–Kier alpha value is -3.36. The van der Waals surface area contributed by atoms with Crippen LogP contribution in [0, 0.1) is 5.92 Å². The first-order valence-corrected chi connectivity index (χ1v) is 12.0. The summed E-state index contributed by atoms with van der Waals surface area (Å²) in [6.45, 7) is 8.02. The molecule has 9 heteroatoms. The molecular weight excluding hydrogens is 436 g/mol. The number of carbonyl (C=O) groups is 1. The van der Waals surface area contributed by atoms with Crippen LogP contribution in [0.5, 0.6) is 11.5 Å². The van der Waals surface area contributed by atoms with Gasteiger partial charge in [-0.15, -0.1) is 0 Å². The van der Waals surface area contributed by atoms with Crippen molar-refractivity contribution in [2.45, 2.75) is 66.1 Å². The highest BCUT2D eigenvalue weighted by atomic mass is 16.5. The lowest BCUT2D eigenvalue weighted by Crippen LogP contribution is -2.42. The van der Waals surface area contributed by atoms with E-state index in [4.69, 9.17) is 9.47 Å². The highest BCUT2D eigenvalue weighted by molar-refractivity contribution is 5.96. The van der Waals surface area contributed by atoms with Gasteiger partial charge in [0.2, 0.25) is 0 Å². The number of unbranched alkanes of at least 4 members (excludes halogenated alkanes) is 1. The molecule has 0 radical (unpaired) electrons. The number of carbonyl (C=O) groups excluding carboxylic acids is 1. The third-order valence-electron chi connectivity index (χ3n) is 6.04. The van der Waals surface area contributed by atoms with Gasteiger partial charge in [0.1, 0.15) is 0 Å². The zero-order valence-electron chi connectivity index (χ0n) is 20.1. The van der Waals surface area contributed by atoms with E-state index in [1.165, 1.54) is 4.57 Å². The summed E-state index contributed by atoms with van der Waals surface area (Å²) in [5.74, 6) is 1.19. The number of nitrogens with zero attached hydrogens (tertiary/aromatic N) is 4. The molecule has 0 amide bonds. The van der Waals surface area contributed by atoms with E-state index in [2.05, 4.69) is 18.8 Å². The highest BCUT2D eigenvalue weighted by Crippen LogP contribution is 2.30. The summed E-state index contributed by atoms with van der Waals surface area (Å²) in [6.07, 6.45) is 4.90. The largest absolute Gasteiger partial charge is 0.490 e.